The third kappa shape index (κ3) is 3.47. The van der Waals surface area contributed by atoms with Crippen molar-refractivity contribution in [1.82, 2.24) is 5.32 Å². The monoisotopic (exact) mass is 304 g/mol. The van der Waals surface area contributed by atoms with Crippen LogP contribution in [0.4, 0.5) is 5.69 Å². The first-order chi connectivity index (χ1) is 10.0. The Balaban J connectivity index is 2.16. The van der Waals surface area contributed by atoms with E-state index >= 15 is 0 Å². The maximum absolute atomic E-state index is 12.3. The van der Waals surface area contributed by atoms with E-state index in [4.69, 9.17) is 22.1 Å². The lowest BCUT2D eigenvalue weighted by atomic mass is 10.1. The number of carbonyl (C=O) groups is 1. The molecule has 5 heteroatoms. The maximum Gasteiger partial charge on any atom is 0.251 e. The fourth-order valence-corrected chi connectivity index (χ4v) is 2.34. The Labute approximate surface area is 128 Å². The minimum absolute atomic E-state index is 0.199. The summed E-state index contributed by atoms with van der Waals surface area (Å²) in [5, 5.41) is 3.53. The molecule has 0 spiro atoms. The van der Waals surface area contributed by atoms with E-state index in [0.717, 1.165) is 5.56 Å². The molecule has 3 N–H and O–H groups in total. The van der Waals surface area contributed by atoms with Crippen molar-refractivity contribution in [3.63, 3.8) is 0 Å². The molecule has 0 saturated carbocycles. The van der Waals surface area contributed by atoms with Crippen LogP contribution < -0.4 is 15.8 Å². The van der Waals surface area contributed by atoms with Crippen LogP contribution in [0.25, 0.3) is 0 Å². The summed E-state index contributed by atoms with van der Waals surface area (Å²) in [5.41, 5.74) is 7.59. The minimum Gasteiger partial charge on any atom is -0.495 e. The molecule has 110 valence electrons. The Morgan fingerprint density at radius 3 is 2.67 bits per heavy atom. The first kappa shape index (κ1) is 15.2. The first-order valence-corrected chi connectivity index (χ1v) is 6.89. The van der Waals surface area contributed by atoms with Crippen molar-refractivity contribution >= 4 is 23.2 Å². The molecule has 0 aliphatic carbocycles. The number of nitrogens with two attached hydrogens (primary N) is 1. The SMILES string of the molecule is COc1cc(C(=O)NC(C)c2ccccc2Cl)ccc1N. The Kier molecular flexibility index (Phi) is 4.70. The standard InChI is InChI=1S/C16H17ClN2O2/c1-10(12-5-3-4-6-13(12)17)19-16(20)11-7-8-14(18)15(9-11)21-2/h3-10H,18H2,1-2H3,(H,19,20). The number of carbonyl (C=O) groups excluding carboxylic acids is 1. The predicted molar refractivity (Wildman–Crippen MR) is 84.7 cm³/mol. The highest BCUT2D eigenvalue weighted by Gasteiger charge is 2.14. The molecule has 0 radical (unpaired) electrons. The predicted octanol–water partition coefficient (Wildman–Crippen LogP) is 3.42. The lowest BCUT2D eigenvalue weighted by Crippen LogP contribution is -2.26. The van der Waals surface area contributed by atoms with E-state index in [1.54, 1.807) is 24.3 Å². The Hall–Kier alpha value is -2.20. The molecule has 0 aliphatic rings. The second-order valence-corrected chi connectivity index (χ2v) is 5.08. The molecular weight excluding hydrogens is 288 g/mol. The van der Waals surface area contributed by atoms with Gasteiger partial charge >= 0.3 is 0 Å². The normalized spacial score (nSPS) is 11.8. The van der Waals surface area contributed by atoms with Crippen molar-refractivity contribution in [3.05, 3.63) is 58.6 Å². The van der Waals surface area contributed by atoms with Gasteiger partial charge in [-0.25, -0.2) is 0 Å². The lowest BCUT2D eigenvalue weighted by Gasteiger charge is -2.16. The van der Waals surface area contributed by atoms with Crippen LogP contribution in [-0.4, -0.2) is 13.0 Å². The summed E-state index contributed by atoms with van der Waals surface area (Å²) in [5.74, 6) is 0.272. The van der Waals surface area contributed by atoms with Crippen molar-refractivity contribution in [1.29, 1.82) is 0 Å². The summed E-state index contributed by atoms with van der Waals surface area (Å²) >= 11 is 6.13. The fourth-order valence-electron chi connectivity index (χ4n) is 2.04. The Morgan fingerprint density at radius 1 is 1.29 bits per heavy atom. The van der Waals surface area contributed by atoms with Crippen molar-refractivity contribution in [3.8, 4) is 5.75 Å². The molecule has 0 fully saturated rings. The number of anilines is 1. The van der Waals surface area contributed by atoms with E-state index in [1.807, 2.05) is 25.1 Å². The van der Waals surface area contributed by atoms with Crippen LogP contribution in [-0.2, 0) is 0 Å². The molecular formula is C16H17ClN2O2. The van der Waals surface area contributed by atoms with E-state index < -0.39 is 0 Å². The first-order valence-electron chi connectivity index (χ1n) is 6.51. The molecule has 2 rings (SSSR count). The summed E-state index contributed by atoms with van der Waals surface area (Å²) in [4.78, 5) is 12.3. The van der Waals surface area contributed by atoms with Gasteiger partial charge in [-0.3, -0.25) is 4.79 Å². The number of rotatable bonds is 4. The topological polar surface area (TPSA) is 64.3 Å². The van der Waals surface area contributed by atoms with Gasteiger partial charge in [-0.05, 0) is 36.8 Å². The van der Waals surface area contributed by atoms with Gasteiger partial charge in [0.1, 0.15) is 5.75 Å². The van der Waals surface area contributed by atoms with Crippen LogP contribution in [0.1, 0.15) is 28.9 Å². The van der Waals surface area contributed by atoms with Crippen LogP contribution >= 0.6 is 11.6 Å². The number of halogens is 1. The molecule has 4 nitrogen and oxygen atoms in total. The highest BCUT2D eigenvalue weighted by molar-refractivity contribution is 6.31. The number of benzene rings is 2. The van der Waals surface area contributed by atoms with E-state index in [-0.39, 0.29) is 11.9 Å². The summed E-state index contributed by atoms with van der Waals surface area (Å²) in [7, 11) is 1.51. The fraction of sp³-hybridized carbons (Fsp3) is 0.188. The zero-order chi connectivity index (χ0) is 15.4. The molecule has 1 atom stereocenters. The number of ether oxygens (including phenoxy) is 1. The van der Waals surface area contributed by atoms with E-state index in [2.05, 4.69) is 5.32 Å². The zero-order valence-corrected chi connectivity index (χ0v) is 12.6. The second kappa shape index (κ2) is 6.50. The molecule has 1 unspecified atom stereocenters. The summed E-state index contributed by atoms with van der Waals surface area (Å²) in [6, 6.07) is 12.1. The number of nitrogen functional groups attached to an aromatic ring is 1. The average Bonchev–Trinajstić information content (AvgIpc) is 2.48. The number of methoxy groups -OCH3 is 1. The van der Waals surface area contributed by atoms with Gasteiger partial charge in [-0.2, -0.15) is 0 Å². The van der Waals surface area contributed by atoms with E-state index in [9.17, 15) is 4.79 Å². The molecule has 21 heavy (non-hydrogen) atoms. The number of hydrogen-bond donors (Lipinski definition) is 2. The highest BCUT2D eigenvalue weighted by Crippen LogP contribution is 2.24. The zero-order valence-electron chi connectivity index (χ0n) is 11.9. The van der Waals surface area contributed by atoms with Gasteiger partial charge in [0.25, 0.3) is 5.91 Å². The highest BCUT2D eigenvalue weighted by atomic mass is 35.5. The van der Waals surface area contributed by atoms with Gasteiger partial charge in [0.2, 0.25) is 0 Å². The van der Waals surface area contributed by atoms with Crippen LogP contribution in [0.5, 0.6) is 5.75 Å². The Bertz CT molecular complexity index is 658. The quantitative estimate of drug-likeness (QED) is 0.851. The van der Waals surface area contributed by atoms with Crippen molar-refractivity contribution in [2.24, 2.45) is 0 Å². The van der Waals surface area contributed by atoms with E-state index in [0.29, 0.717) is 22.0 Å². The average molecular weight is 305 g/mol. The molecule has 2 aromatic carbocycles. The smallest absolute Gasteiger partial charge is 0.251 e. The van der Waals surface area contributed by atoms with Gasteiger partial charge in [0.05, 0.1) is 18.8 Å². The molecule has 0 bridgehead atoms. The van der Waals surface area contributed by atoms with Crippen molar-refractivity contribution in [2.75, 3.05) is 12.8 Å². The van der Waals surface area contributed by atoms with Crippen LogP contribution in [0, 0.1) is 0 Å². The number of hydrogen-bond acceptors (Lipinski definition) is 3. The molecule has 0 heterocycles. The Morgan fingerprint density at radius 2 is 2.00 bits per heavy atom. The van der Waals surface area contributed by atoms with Crippen LogP contribution in [0.15, 0.2) is 42.5 Å². The largest absolute Gasteiger partial charge is 0.495 e. The third-order valence-corrected chi connectivity index (χ3v) is 3.56. The number of amides is 1. The van der Waals surface area contributed by atoms with Gasteiger partial charge < -0.3 is 15.8 Å². The van der Waals surface area contributed by atoms with Gasteiger partial charge in [-0.15, -0.1) is 0 Å². The van der Waals surface area contributed by atoms with Crippen molar-refractivity contribution < 1.29 is 9.53 Å². The summed E-state index contributed by atoms with van der Waals surface area (Å²) < 4.78 is 5.12. The molecule has 1 amide bonds. The van der Waals surface area contributed by atoms with Gasteiger partial charge in [0, 0.05) is 10.6 Å². The van der Waals surface area contributed by atoms with Gasteiger partial charge in [0.15, 0.2) is 0 Å². The molecule has 0 aliphatic heterocycles. The minimum atomic E-state index is -0.208. The number of nitrogens with one attached hydrogen (secondary N) is 1. The lowest BCUT2D eigenvalue weighted by molar-refractivity contribution is 0.0939. The van der Waals surface area contributed by atoms with E-state index in [1.165, 1.54) is 7.11 Å². The second-order valence-electron chi connectivity index (χ2n) is 4.67. The van der Waals surface area contributed by atoms with Crippen LogP contribution in [0.3, 0.4) is 0 Å². The summed E-state index contributed by atoms with van der Waals surface area (Å²) in [6.07, 6.45) is 0. The summed E-state index contributed by atoms with van der Waals surface area (Å²) in [6.45, 7) is 1.88. The van der Waals surface area contributed by atoms with Gasteiger partial charge in [-0.1, -0.05) is 29.8 Å². The molecule has 2 aromatic rings. The van der Waals surface area contributed by atoms with Crippen LogP contribution in [0.2, 0.25) is 5.02 Å². The molecule has 0 aromatic heterocycles. The molecule has 0 saturated heterocycles. The maximum atomic E-state index is 12.3. The third-order valence-electron chi connectivity index (χ3n) is 3.21. The van der Waals surface area contributed by atoms with Crippen molar-refractivity contribution in [2.45, 2.75) is 13.0 Å².